The van der Waals surface area contributed by atoms with Crippen LogP contribution >= 0.6 is 0 Å². The van der Waals surface area contributed by atoms with Crippen molar-refractivity contribution in [2.75, 3.05) is 7.11 Å². The van der Waals surface area contributed by atoms with Gasteiger partial charge >= 0.3 is 5.69 Å². The van der Waals surface area contributed by atoms with Gasteiger partial charge in [-0.3, -0.25) is 9.55 Å². The van der Waals surface area contributed by atoms with E-state index >= 15 is 8.78 Å². The summed E-state index contributed by atoms with van der Waals surface area (Å²) in [6.07, 6.45) is 1.25. The number of imidazole rings is 1. The molecule has 9 heteroatoms. The molecule has 0 fully saturated rings. The first-order chi connectivity index (χ1) is 17.0. The SMILES string of the molecule is COc1cc2ncc3[nH]c(=O)n(-c4c(F)cc(CC#N)cc4F)c3c2cc1OCc1ccccc1. The van der Waals surface area contributed by atoms with Crippen molar-refractivity contribution in [2.24, 2.45) is 0 Å². The zero-order chi connectivity index (χ0) is 24.5. The number of halogens is 2. The Hall–Kier alpha value is -4.71. The van der Waals surface area contributed by atoms with Crippen LogP contribution in [0.3, 0.4) is 0 Å². The van der Waals surface area contributed by atoms with Gasteiger partial charge in [0.15, 0.2) is 23.1 Å². The molecule has 2 aromatic heterocycles. The first kappa shape index (κ1) is 22.1. The Morgan fingerprint density at radius 3 is 2.49 bits per heavy atom. The van der Waals surface area contributed by atoms with Crippen molar-refractivity contribution >= 4 is 21.9 Å². The summed E-state index contributed by atoms with van der Waals surface area (Å²) in [5.74, 6) is -1.12. The first-order valence-electron chi connectivity index (χ1n) is 10.6. The van der Waals surface area contributed by atoms with Crippen LogP contribution in [0.5, 0.6) is 11.5 Å². The lowest BCUT2D eigenvalue weighted by molar-refractivity contribution is 0.285. The Bertz CT molecular complexity index is 1650. The molecule has 35 heavy (non-hydrogen) atoms. The lowest BCUT2D eigenvalue weighted by atomic mass is 10.1. The largest absolute Gasteiger partial charge is 0.493 e. The second-order valence-electron chi connectivity index (χ2n) is 7.82. The fraction of sp³-hybridized carbons (Fsp3) is 0.115. The smallest absolute Gasteiger partial charge is 0.331 e. The van der Waals surface area contributed by atoms with Crippen LogP contribution < -0.4 is 15.2 Å². The first-order valence-corrected chi connectivity index (χ1v) is 10.6. The number of rotatable bonds is 6. The van der Waals surface area contributed by atoms with Crippen LogP contribution in [0.4, 0.5) is 8.78 Å². The van der Waals surface area contributed by atoms with Gasteiger partial charge in [0.2, 0.25) is 0 Å². The molecule has 0 unspecified atom stereocenters. The molecule has 0 amide bonds. The lowest BCUT2D eigenvalue weighted by Gasteiger charge is -2.14. The summed E-state index contributed by atoms with van der Waals surface area (Å²) in [7, 11) is 1.49. The van der Waals surface area contributed by atoms with Gasteiger partial charge in [-0.2, -0.15) is 5.26 Å². The number of H-pyrrole nitrogens is 1. The average molecular weight is 472 g/mol. The van der Waals surface area contributed by atoms with Crippen LogP contribution in [-0.4, -0.2) is 21.6 Å². The second-order valence-corrected chi connectivity index (χ2v) is 7.82. The average Bonchev–Trinajstić information content (AvgIpc) is 3.18. The Morgan fingerprint density at radius 2 is 1.80 bits per heavy atom. The van der Waals surface area contributed by atoms with E-state index in [-0.39, 0.29) is 24.1 Å². The predicted molar refractivity (Wildman–Crippen MR) is 126 cm³/mol. The molecule has 1 N–H and O–H groups in total. The van der Waals surface area contributed by atoms with Crippen molar-refractivity contribution in [2.45, 2.75) is 13.0 Å². The Balaban J connectivity index is 1.72. The molecule has 3 aromatic carbocycles. The number of hydrogen-bond donors (Lipinski definition) is 1. The van der Waals surface area contributed by atoms with E-state index in [4.69, 9.17) is 14.7 Å². The van der Waals surface area contributed by atoms with Crippen molar-refractivity contribution in [1.29, 1.82) is 5.26 Å². The molecule has 0 bridgehead atoms. The van der Waals surface area contributed by atoms with Crippen molar-refractivity contribution in [3.05, 3.63) is 94.0 Å². The van der Waals surface area contributed by atoms with E-state index in [1.165, 1.54) is 13.3 Å². The zero-order valence-corrected chi connectivity index (χ0v) is 18.5. The maximum atomic E-state index is 15.0. The number of aromatic nitrogens is 3. The van der Waals surface area contributed by atoms with Crippen LogP contribution in [0, 0.1) is 23.0 Å². The predicted octanol–water partition coefficient (Wildman–Crippen LogP) is 4.80. The molecule has 0 saturated heterocycles. The maximum Gasteiger partial charge on any atom is 0.331 e. The van der Waals surface area contributed by atoms with Gasteiger partial charge in [-0.05, 0) is 29.3 Å². The Kier molecular flexibility index (Phi) is 5.63. The number of nitriles is 1. The van der Waals surface area contributed by atoms with E-state index < -0.39 is 23.0 Å². The number of fused-ring (bicyclic) bond motifs is 3. The van der Waals surface area contributed by atoms with E-state index in [0.717, 1.165) is 22.3 Å². The van der Waals surface area contributed by atoms with Gasteiger partial charge in [0, 0.05) is 11.5 Å². The van der Waals surface area contributed by atoms with Crippen LogP contribution in [0.25, 0.3) is 27.6 Å². The molecule has 0 spiro atoms. The van der Waals surface area contributed by atoms with E-state index in [9.17, 15) is 4.79 Å². The van der Waals surface area contributed by atoms with Crippen molar-refractivity contribution in [1.82, 2.24) is 14.5 Å². The fourth-order valence-electron chi connectivity index (χ4n) is 4.04. The highest BCUT2D eigenvalue weighted by Gasteiger charge is 2.21. The molecular formula is C26H18F2N4O3. The number of pyridine rings is 1. The topological polar surface area (TPSA) is 92.9 Å². The molecule has 7 nitrogen and oxygen atoms in total. The summed E-state index contributed by atoms with van der Waals surface area (Å²) in [4.78, 5) is 19.8. The maximum absolute atomic E-state index is 15.0. The van der Waals surface area contributed by atoms with E-state index in [2.05, 4.69) is 9.97 Å². The number of aromatic amines is 1. The fourth-order valence-corrected chi connectivity index (χ4v) is 4.04. The van der Waals surface area contributed by atoms with Crippen LogP contribution in [-0.2, 0) is 13.0 Å². The van der Waals surface area contributed by atoms with Crippen molar-refractivity contribution in [3.8, 4) is 23.3 Å². The number of benzene rings is 3. The Morgan fingerprint density at radius 1 is 1.06 bits per heavy atom. The lowest BCUT2D eigenvalue weighted by Crippen LogP contribution is -2.18. The highest BCUT2D eigenvalue weighted by atomic mass is 19.1. The molecule has 0 aliphatic carbocycles. The number of nitrogens with zero attached hydrogens (tertiary/aromatic N) is 3. The molecule has 0 aliphatic rings. The quantitative estimate of drug-likeness (QED) is 0.383. The van der Waals surface area contributed by atoms with E-state index in [1.807, 2.05) is 36.4 Å². The minimum atomic E-state index is -0.961. The molecule has 0 atom stereocenters. The molecule has 0 aliphatic heterocycles. The summed E-state index contributed by atoms with van der Waals surface area (Å²) in [6.45, 7) is 0.260. The van der Waals surface area contributed by atoms with Gasteiger partial charge in [0.1, 0.15) is 12.3 Å². The summed E-state index contributed by atoms with van der Waals surface area (Å²) < 4.78 is 42.4. The number of ether oxygens (including phenoxy) is 2. The van der Waals surface area contributed by atoms with Gasteiger partial charge in [-0.25, -0.2) is 13.6 Å². The van der Waals surface area contributed by atoms with E-state index in [1.54, 1.807) is 12.1 Å². The monoisotopic (exact) mass is 472 g/mol. The third-order valence-electron chi connectivity index (χ3n) is 5.61. The van der Waals surface area contributed by atoms with Crippen molar-refractivity contribution < 1.29 is 18.3 Å². The third-order valence-corrected chi connectivity index (χ3v) is 5.61. The molecule has 5 rings (SSSR count). The minimum Gasteiger partial charge on any atom is -0.493 e. The van der Waals surface area contributed by atoms with Gasteiger partial charge in [-0.1, -0.05) is 30.3 Å². The van der Waals surface area contributed by atoms with Gasteiger partial charge in [0.25, 0.3) is 0 Å². The highest BCUT2D eigenvalue weighted by molar-refractivity contribution is 6.04. The Labute approximate surface area is 197 Å². The molecular weight excluding hydrogens is 454 g/mol. The van der Waals surface area contributed by atoms with Crippen molar-refractivity contribution in [3.63, 3.8) is 0 Å². The molecule has 0 saturated carbocycles. The van der Waals surface area contributed by atoms with Crippen LogP contribution in [0.15, 0.2) is 65.6 Å². The summed E-state index contributed by atoms with van der Waals surface area (Å²) >= 11 is 0. The van der Waals surface area contributed by atoms with E-state index in [0.29, 0.717) is 27.9 Å². The number of nitrogens with one attached hydrogen (secondary N) is 1. The normalized spacial score (nSPS) is 11.0. The summed E-state index contributed by atoms with van der Waals surface area (Å²) in [5.41, 5.74) is 0.801. The van der Waals surface area contributed by atoms with Gasteiger partial charge in [-0.15, -0.1) is 0 Å². The van der Waals surface area contributed by atoms with Gasteiger partial charge in [0.05, 0.1) is 42.3 Å². The molecule has 2 heterocycles. The molecule has 174 valence electrons. The summed E-state index contributed by atoms with van der Waals surface area (Å²) in [5, 5.41) is 9.29. The minimum absolute atomic E-state index is 0.161. The number of methoxy groups -OCH3 is 1. The standard InChI is InChI=1S/C26H18F2N4O3/c1-34-22-12-20-17(11-23(22)35-14-15-5-3-2-4-6-15)24-21(13-30-20)31-26(33)32(24)25-18(27)9-16(7-8-29)10-19(25)28/h2-6,9-13H,7,14H2,1H3,(H,31,33). The number of hydrogen-bond acceptors (Lipinski definition) is 5. The molecule has 5 aromatic rings. The van der Waals surface area contributed by atoms with Gasteiger partial charge < -0.3 is 14.5 Å². The third kappa shape index (κ3) is 3.95. The van der Waals surface area contributed by atoms with Crippen LogP contribution in [0.1, 0.15) is 11.1 Å². The molecule has 0 radical (unpaired) electrons. The highest BCUT2D eigenvalue weighted by Crippen LogP contribution is 2.36. The zero-order valence-electron chi connectivity index (χ0n) is 18.5. The second kappa shape index (κ2) is 8.91. The van der Waals surface area contributed by atoms with Crippen LogP contribution in [0.2, 0.25) is 0 Å². The summed E-state index contributed by atoms with van der Waals surface area (Å²) in [6, 6.07) is 16.8.